The van der Waals surface area contributed by atoms with Gasteiger partial charge in [0.15, 0.2) is 5.06 Å². The van der Waals surface area contributed by atoms with E-state index in [1.807, 2.05) is 0 Å². The summed E-state index contributed by atoms with van der Waals surface area (Å²) >= 11 is 13.0. The first-order valence-electron chi connectivity index (χ1n) is 9.33. The lowest BCUT2D eigenvalue weighted by Crippen LogP contribution is -2.42. The van der Waals surface area contributed by atoms with E-state index in [-0.39, 0.29) is 21.3 Å². The van der Waals surface area contributed by atoms with Crippen molar-refractivity contribution in [1.82, 2.24) is 0 Å². The van der Waals surface area contributed by atoms with E-state index < -0.39 is 24.4 Å². The number of hydrogen-bond acceptors (Lipinski definition) is 6. The van der Waals surface area contributed by atoms with Gasteiger partial charge in [-0.15, -0.1) is 0 Å². The van der Waals surface area contributed by atoms with E-state index in [0.29, 0.717) is 22.8 Å². The molecule has 2 aliphatic rings. The molecule has 0 bridgehead atoms. The van der Waals surface area contributed by atoms with Gasteiger partial charge in [-0.25, -0.2) is 4.79 Å². The summed E-state index contributed by atoms with van der Waals surface area (Å²) in [5, 5.41) is 4.27. The zero-order valence-electron chi connectivity index (χ0n) is 16.1. The molecule has 31 heavy (non-hydrogen) atoms. The molecule has 4 rings (SSSR count). The predicted octanol–water partition coefficient (Wildman–Crippen LogP) is 6.66. The minimum absolute atomic E-state index is 0.0606. The largest absolute Gasteiger partial charge is 0.514 e. The summed E-state index contributed by atoms with van der Waals surface area (Å²) in [6.45, 7) is 0. The molecule has 0 amide bonds. The van der Waals surface area contributed by atoms with Gasteiger partial charge in [0.25, 0.3) is 5.60 Å². The van der Waals surface area contributed by atoms with Crippen molar-refractivity contribution in [3.63, 3.8) is 0 Å². The van der Waals surface area contributed by atoms with Gasteiger partial charge >= 0.3 is 12.3 Å². The molecule has 1 aromatic heterocycles. The Bertz CT molecular complexity index is 1050. The van der Waals surface area contributed by atoms with Gasteiger partial charge in [-0.1, -0.05) is 39.7 Å². The summed E-state index contributed by atoms with van der Waals surface area (Å²) in [4.78, 5) is 17.2. The Balaban J connectivity index is 1.75. The number of carbonyl (C=O) groups excluding carboxylic acids is 1. The first-order valence-corrected chi connectivity index (χ1v) is 10.9. The quantitative estimate of drug-likeness (QED) is 0.448. The minimum Gasteiger partial charge on any atom is -0.437 e. The zero-order chi connectivity index (χ0) is 22.4. The van der Waals surface area contributed by atoms with Crippen molar-refractivity contribution in [1.29, 1.82) is 0 Å². The van der Waals surface area contributed by atoms with E-state index >= 15 is 0 Å². The van der Waals surface area contributed by atoms with Crippen LogP contribution in [0.25, 0.3) is 0 Å². The highest BCUT2D eigenvalue weighted by molar-refractivity contribution is 7.16. The standard InChI is InChI=1S/C20H16Cl2F3NO4S/c1-28-18(27)29-17-14-5-3-2-4-13(14)16(31-17)15-9-19(30-26-15,20(23,24)25)10-6-11(21)8-12(22)7-10/h6-8H,2-5,9H2,1H3. The van der Waals surface area contributed by atoms with Crippen LogP contribution >= 0.6 is 34.5 Å². The van der Waals surface area contributed by atoms with Gasteiger partial charge in [-0.05, 0) is 49.4 Å². The molecule has 0 radical (unpaired) electrons. The van der Waals surface area contributed by atoms with Crippen LogP contribution in [-0.2, 0) is 28.0 Å². The second-order valence-corrected chi connectivity index (χ2v) is 9.08. The van der Waals surface area contributed by atoms with Crippen LogP contribution in [0.2, 0.25) is 10.0 Å². The fourth-order valence-corrected chi connectivity index (χ4v) is 5.59. The Hall–Kier alpha value is -1.97. The van der Waals surface area contributed by atoms with Crippen LogP contribution in [0.4, 0.5) is 18.0 Å². The highest BCUT2D eigenvalue weighted by atomic mass is 35.5. The summed E-state index contributed by atoms with van der Waals surface area (Å²) in [6.07, 6.45) is -3.17. The molecular formula is C20H16Cl2F3NO4S. The Morgan fingerprint density at radius 3 is 2.42 bits per heavy atom. The Morgan fingerprint density at radius 2 is 1.81 bits per heavy atom. The summed E-state index contributed by atoms with van der Waals surface area (Å²) in [5.74, 6) is 0. The number of methoxy groups -OCH3 is 1. The van der Waals surface area contributed by atoms with E-state index in [1.165, 1.54) is 25.3 Å². The van der Waals surface area contributed by atoms with Crippen LogP contribution in [0.1, 0.15) is 40.8 Å². The number of hydrogen-bond donors (Lipinski definition) is 0. The third kappa shape index (κ3) is 3.99. The van der Waals surface area contributed by atoms with Gasteiger partial charge < -0.3 is 14.3 Å². The molecule has 0 saturated carbocycles. The van der Waals surface area contributed by atoms with Crippen molar-refractivity contribution in [3.05, 3.63) is 49.8 Å². The molecule has 2 heterocycles. The highest BCUT2D eigenvalue weighted by Crippen LogP contribution is 2.51. The van der Waals surface area contributed by atoms with Gasteiger partial charge in [-0.3, -0.25) is 0 Å². The number of halogens is 5. The summed E-state index contributed by atoms with van der Waals surface area (Å²) in [7, 11) is 1.19. The number of benzene rings is 1. The number of nitrogens with zero attached hydrogens (tertiary/aromatic N) is 1. The van der Waals surface area contributed by atoms with Crippen LogP contribution in [-0.4, -0.2) is 25.2 Å². The van der Waals surface area contributed by atoms with Gasteiger partial charge in [0.1, 0.15) is 5.71 Å². The van der Waals surface area contributed by atoms with Crippen LogP contribution in [0.3, 0.4) is 0 Å². The first kappa shape index (κ1) is 22.2. The number of thiophene rings is 1. The van der Waals surface area contributed by atoms with Crippen LogP contribution in [0.5, 0.6) is 5.06 Å². The number of rotatable bonds is 3. The maximum Gasteiger partial charge on any atom is 0.514 e. The monoisotopic (exact) mass is 493 g/mol. The third-order valence-corrected chi connectivity index (χ3v) is 6.94. The van der Waals surface area contributed by atoms with Crippen molar-refractivity contribution < 1.29 is 32.3 Å². The second-order valence-electron chi connectivity index (χ2n) is 7.23. The lowest BCUT2D eigenvalue weighted by atomic mass is 9.86. The fraction of sp³-hybridized carbons (Fsp3) is 0.400. The molecule has 0 fully saturated rings. The van der Waals surface area contributed by atoms with Gasteiger partial charge in [0, 0.05) is 21.2 Å². The molecule has 1 unspecified atom stereocenters. The maximum atomic E-state index is 14.2. The lowest BCUT2D eigenvalue weighted by Gasteiger charge is -2.29. The Morgan fingerprint density at radius 1 is 1.16 bits per heavy atom. The van der Waals surface area contributed by atoms with Crippen molar-refractivity contribution in [2.24, 2.45) is 5.16 Å². The summed E-state index contributed by atoms with van der Waals surface area (Å²) in [6, 6.07) is 3.70. The number of ether oxygens (including phenoxy) is 2. The number of oxime groups is 1. The van der Waals surface area contributed by atoms with E-state index in [1.54, 1.807) is 0 Å². The molecule has 2 aromatic rings. The normalized spacial score (nSPS) is 20.6. The molecular weight excluding hydrogens is 478 g/mol. The van der Waals surface area contributed by atoms with E-state index in [2.05, 4.69) is 9.89 Å². The van der Waals surface area contributed by atoms with E-state index in [0.717, 1.165) is 35.3 Å². The van der Waals surface area contributed by atoms with Crippen molar-refractivity contribution in [2.45, 2.75) is 43.9 Å². The van der Waals surface area contributed by atoms with Crippen molar-refractivity contribution in [3.8, 4) is 5.06 Å². The molecule has 1 atom stereocenters. The molecule has 1 aliphatic carbocycles. The average molecular weight is 494 g/mol. The predicted molar refractivity (Wildman–Crippen MR) is 110 cm³/mol. The highest BCUT2D eigenvalue weighted by Gasteiger charge is 2.62. The van der Waals surface area contributed by atoms with Gasteiger partial charge in [0.05, 0.1) is 18.4 Å². The van der Waals surface area contributed by atoms with Crippen LogP contribution in [0.15, 0.2) is 23.4 Å². The maximum absolute atomic E-state index is 14.2. The van der Waals surface area contributed by atoms with Crippen molar-refractivity contribution in [2.75, 3.05) is 7.11 Å². The molecule has 0 saturated heterocycles. The van der Waals surface area contributed by atoms with Crippen LogP contribution < -0.4 is 4.74 Å². The third-order valence-electron chi connectivity index (χ3n) is 5.30. The second kappa shape index (κ2) is 8.18. The van der Waals surface area contributed by atoms with Gasteiger partial charge in [-0.2, -0.15) is 13.2 Å². The topological polar surface area (TPSA) is 57.1 Å². The number of alkyl halides is 3. The molecule has 0 N–H and O–H groups in total. The average Bonchev–Trinajstić information content (AvgIpc) is 3.30. The first-order chi connectivity index (χ1) is 14.6. The fourth-order valence-electron chi connectivity index (χ4n) is 3.84. The number of carbonyl (C=O) groups is 1. The smallest absolute Gasteiger partial charge is 0.437 e. The zero-order valence-corrected chi connectivity index (χ0v) is 18.5. The van der Waals surface area contributed by atoms with Crippen LogP contribution in [0, 0.1) is 0 Å². The lowest BCUT2D eigenvalue weighted by molar-refractivity contribution is -0.275. The number of fused-ring (bicyclic) bond motifs is 1. The molecule has 5 nitrogen and oxygen atoms in total. The summed E-state index contributed by atoms with van der Waals surface area (Å²) < 4.78 is 52.5. The SMILES string of the molecule is COC(=O)Oc1sc(C2=NOC(c3cc(Cl)cc(Cl)c3)(C(F)(F)F)C2)c2c1CCCC2. The summed E-state index contributed by atoms with van der Waals surface area (Å²) in [5.41, 5.74) is -1.18. The molecule has 0 spiro atoms. The molecule has 11 heteroatoms. The van der Waals surface area contributed by atoms with E-state index in [4.69, 9.17) is 32.8 Å². The Labute approximate surface area is 189 Å². The minimum atomic E-state index is -4.78. The molecule has 1 aromatic carbocycles. The van der Waals surface area contributed by atoms with E-state index in [9.17, 15) is 18.0 Å². The van der Waals surface area contributed by atoms with Gasteiger partial charge in [0.2, 0.25) is 0 Å². The Kier molecular flexibility index (Phi) is 5.87. The van der Waals surface area contributed by atoms with Crippen molar-refractivity contribution >= 4 is 46.4 Å². The molecule has 1 aliphatic heterocycles. The molecule has 166 valence electrons.